The summed E-state index contributed by atoms with van der Waals surface area (Å²) >= 11 is 11.7. The van der Waals surface area contributed by atoms with Gasteiger partial charge < -0.3 is 4.72 Å². The van der Waals surface area contributed by atoms with Crippen LogP contribution >= 0.6 is 23.2 Å². The molecule has 2 rings (SSSR count). The van der Waals surface area contributed by atoms with Gasteiger partial charge in [-0.15, -0.1) is 5.69 Å². The molecule has 2 aromatic rings. The zero-order valence-electron chi connectivity index (χ0n) is 10.9. The Morgan fingerprint density at radius 1 is 1.10 bits per heavy atom. The lowest BCUT2D eigenvalue weighted by molar-refractivity contribution is 0.101. The second-order valence-corrected chi connectivity index (χ2v) is 6.66. The first-order valence-electron chi connectivity index (χ1n) is 5.84. The van der Waals surface area contributed by atoms with Gasteiger partial charge in [0.25, 0.3) is 0 Å². The van der Waals surface area contributed by atoms with Crippen LogP contribution in [0.1, 0.15) is 17.3 Å². The van der Waals surface area contributed by atoms with Gasteiger partial charge in [-0.1, -0.05) is 47.5 Å². The average molecular weight is 343 g/mol. The van der Waals surface area contributed by atoms with E-state index in [1.54, 1.807) is 12.1 Å². The van der Waals surface area contributed by atoms with Crippen LogP contribution in [0.15, 0.2) is 47.4 Å². The molecule has 7 heteroatoms. The van der Waals surface area contributed by atoms with E-state index >= 15 is 0 Å². The Labute approximate surface area is 132 Å². The van der Waals surface area contributed by atoms with Crippen LogP contribution < -0.4 is 0 Å². The molecule has 0 saturated carbocycles. The maximum absolute atomic E-state index is 12.3. The highest BCUT2D eigenvalue weighted by Crippen LogP contribution is 2.33. The highest BCUT2D eigenvalue weighted by molar-refractivity contribution is 7.94. The van der Waals surface area contributed by atoms with Gasteiger partial charge >= 0.3 is 0 Å². The SMILES string of the molecule is CC(=O)c1cccc([N-]S(=O)(=O)c2cc(Cl)ccc2Cl)c1. The van der Waals surface area contributed by atoms with E-state index in [0.717, 1.165) is 0 Å². The van der Waals surface area contributed by atoms with Crippen molar-refractivity contribution in [3.63, 3.8) is 0 Å². The first-order chi connectivity index (χ1) is 9.79. The molecule has 0 atom stereocenters. The van der Waals surface area contributed by atoms with E-state index in [1.807, 2.05) is 0 Å². The van der Waals surface area contributed by atoms with Gasteiger partial charge in [0, 0.05) is 10.6 Å². The molecular weight excluding hydrogens is 333 g/mol. The number of nitrogens with zero attached hydrogens (tertiary/aromatic N) is 1. The summed E-state index contributed by atoms with van der Waals surface area (Å²) < 4.78 is 28.2. The average Bonchev–Trinajstić information content (AvgIpc) is 2.41. The van der Waals surface area contributed by atoms with Crippen molar-refractivity contribution in [1.82, 2.24) is 0 Å². The van der Waals surface area contributed by atoms with Gasteiger partial charge in [0.2, 0.25) is 0 Å². The molecular formula is C14H10Cl2NO3S-. The van der Waals surface area contributed by atoms with Crippen LogP contribution in [0.3, 0.4) is 0 Å². The van der Waals surface area contributed by atoms with Crippen LogP contribution in [0.2, 0.25) is 10.0 Å². The standard InChI is InChI=1S/C14H10Cl2NO3S/c1-9(18)10-3-2-4-12(7-10)17-21(19,20)14-8-11(15)5-6-13(14)16/h2-8H,1H3/q-1. The molecule has 0 N–H and O–H groups in total. The third-order valence-corrected chi connectivity index (χ3v) is 4.67. The second-order valence-electron chi connectivity index (χ2n) is 4.25. The van der Waals surface area contributed by atoms with Gasteiger partial charge in [0.1, 0.15) is 10.0 Å². The quantitative estimate of drug-likeness (QED) is 0.763. The Bertz CT molecular complexity index is 804. The molecule has 21 heavy (non-hydrogen) atoms. The largest absolute Gasteiger partial charge is 0.573 e. The van der Waals surface area contributed by atoms with E-state index < -0.39 is 10.0 Å². The maximum Gasteiger partial charge on any atom is 0.159 e. The second kappa shape index (κ2) is 6.05. The van der Waals surface area contributed by atoms with E-state index in [-0.39, 0.29) is 26.4 Å². The Hall–Kier alpha value is -1.56. The molecule has 0 radical (unpaired) electrons. The van der Waals surface area contributed by atoms with E-state index in [1.165, 1.54) is 37.3 Å². The topological polar surface area (TPSA) is 65.3 Å². The van der Waals surface area contributed by atoms with Crippen molar-refractivity contribution in [1.29, 1.82) is 0 Å². The first kappa shape index (κ1) is 15.8. The van der Waals surface area contributed by atoms with Gasteiger partial charge in [-0.25, -0.2) is 8.42 Å². The van der Waals surface area contributed by atoms with Crippen molar-refractivity contribution >= 4 is 44.7 Å². The van der Waals surface area contributed by atoms with Crippen molar-refractivity contribution in [2.75, 3.05) is 0 Å². The molecule has 0 aromatic heterocycles. The number of ketones is 1. The normalized spacial score (nSPS) is 11.2. The molecule has 0 spiro atoms. The van der Waals surface area contributed by atoms with Gasteiger partial charge in [-0.2, -0.15) is 0 Å². The van der Waals surface area contributed by atoms with Crippen molar-refractivity contribution in [2.24, 2.45) is 0 Å². The minimum Gasteiger partial charge on any atom is -0.573 e. The number of carbonyl (C=O) groups is 1. The number of hydrogen-bond acceptors (Lipinski definition) is 3. The fraction of sp³-hybridized carbons (Fsp3) is 0.0714. The Balaban J connectivity index is 2.40. The van der Waals surface area contributed by atoms with Crippen molar-refractivity contribution in [3.8, 4) is 0 Å². The Morgan fingerprint density at radius 3 is 2.48 bits per heavy atom. The molecule has 0 aliphatic rings. The van der Waals surface area contributed by atoms with Crippen LogP contribution in [0.25, 0.3) is 4.72 Å². The number of benzene rings is 2. The fourth-order valence-corrected chi connectivity index (χ4v) is 3.37. The predicted molar refractivity (Wildman–Crippen MR) is 83.1 cm³/mol. The molecule has 0 saturated heterocycles. The van der Waals surface area contributed by atoms with Crippen molar-refractivity contribution < 1.29 is 13.2 Å². The van der Waals surface area contributed by atoms with Crippen LogP contribution in [0.5, 0.6) is 0 Å². The summed E-state index contributed by atoms with van der Waals surface area (Å²) in [4.78, 5) is 11.1. The van der Waals surface area contributed by atoms with Gasteiger partial charge in [-0.3, -0.25) is 4.79 Å². The van der Waals surface area contributed by atoms with Crippen LogP contribution in [-0.4, -0.2) is 14.2 Å². The first-order valence-corrected chi connectivity index (χ1v) is 8.03. The lowest BCUT2D eigenvalue weighted by atomic mass is 10.1. The number of Topliss-reactive ketones (excluding diaryl/α,β-unsaturated/α-hetero) is 1. The predicted octanol–water partition coefficient (Wildman–Crippen LogP) is 4.59. The molecule has 0 aliphatic carbocycles. The minimum absolute atomic E-state index is 0.0332. The zero-order valence-corrected chi connectivity index (χ0v) is 13.2. The third kappa shape index (κ3) is 3.75. The third-order valence-electron chi connectivity index (χ3n) is 2.65. The molecule has 0 heterocycles. The molecule has 0 unspecified atom stereocenters. The lowest BCUT2D eigenvalue weighted by Crippen LogP contribution is -1.99. The van der Waals surface area contributed by atoms with Crippen molar-refractivity contribution in [3.05, 3.63) is 62.8 Å². The molecule has 2 aromatic carbocycles. The molecule has 110 valence electrons. The molecule has 0 amide bonds. The number of halogens is 2. The summed E-state index contributed by atoms with van der Waals surface area (Å²) in [6.07, 6.45) is 0. The maximum atomic E-state index is 12.3. The molecule has 0 aliphatic heterocycles. The van der Waals surface area contributed by atoms with E-state index in [9.17, 15) is 13.2 Å². The monoisotopic (exact) mass is 342 g/mol. The van der Waals surface area contributed by atoms with Gasteiger partial charge in [-0.05, 0) is 25.1 Å². The van der Waals surface area contributed by atoms with E-state index in [2.05, 4.69) is 4.72 Å². The van der Waals surface area contributed by atoms with Crippen LogP contribution in [-0.2, 0) is 10.0 Å². The molecule has 0 fully saturated rings. The number of hydrogen-bond donors (Lipinski definition) is 0. The summed E-state index contributed by atoms with van der Waals surface area (Å²) in [7, 11) is -4.01. The highest BCUT2D eigenvalue weighted by Gasteiger charge is 2.11. The Morgan fingerprint density at radius 2 is 1.81 bits per heavy atom. The smallest absolute Gasteiger partial charge is 0.159 e. The van der Waals surface area contributed by atoms with E-state index in [4.69, 9.17) is 23.2 Å². The fourth-order valence-electron chi connectivity index (χ4n) is 1.64. The summed E-state index contributed by atoms with van der Waals surface area (Å²) in [6.45, 7) is 1.39. The Kier molecular flexibility index (Phi) is 4.56. The molecule has 0 bridgehead atoms. The summed E-state index contributed by atoms with van der Waals surface area (Å²) in [6, 6.07) is 10.1. The van der Waals surface area contributed by atoms with Crippen molar-refractivity contribution in [2.45, 2.75) is 11.8 Å². The minimum atomic E-state index is -4.01. The number of rotatable bonds is 4. The zero-order chi connectivity index (χ0) is 15.6. The highest BCUT2D eigenvalue weighted by atomic mass is 35.5. The van der Waals surface area contributed by atoms with Crippen LogP contribution in [0.4, 0.5) is 5.69 Å². The van der Waals surface area contributed by atoms with Gasteiger partial charge in [0.05, 0.1) is 9.92 Å². The summed E-state index contributed by atoms with van der Waals surface area (Å²) in [5.74, 6) is -0.176. The van der Waals surface area contributed by atoms with Crippen LogP contribution in [0, 0.1) is 0 Å². The van der Waals surface area contributed by atoms with Gasteiger partial charge in [0.15, 0.2) is 5.78 Å². The number of carbonyl (C=O) groups excluding carboxylic acids is 1. The summed E-state index contributed by atoms with van der Waals surface area (Å²) in [5.41, 5.74) is 0.530. The molecule has 4 nitrogen and oxygen atoms in total. The lowest BCUT2D eigenvalue weighted by Gasteiger charge is -2.23. The summed E-state index contributed by atoms with van der Waals surface area (Å²) in [5, 5.41) is 0.275. The number of sulfonamides is 1. The van der Waals surface area contributed by atoms with E-state index in [0.29, 0.717) is 5.56 Å².